The summed E-state index contributed by atoms with van der Waals surface area (Å²) in [5, 5.41) is 9.03. The predicted molar refractivity (Wildman–Crippen MR) is 129 cm³/mol. The molecule has 3 heteroatoms. The number of nitrogens with zero attached hydrogens (tertiary/aromatic N) is 1. The molecule has 0 saturated heterocycles. The number of hydrogen-bond donors (Lipinski definition) is 1. The van der Waals surface area contributed by atoms with E-state index in [1.165, 1.54) is 83.5 Å². The highest BCUT2D eigenvalue weighted by atomic mass is 35.5. The Labute approximate surface area is 190 Å². The van der Waals surface area contributed by atoms with Crippen LogP contribution in [-0.4, -0.2) is 42.9 Å². The van der Waals surface area contributed by atoms with Crippen molar-refractivity contribution in [3.63, 3.8) is 0 Å². The number of aliphatic hydroxyl groups excluding tert-OH is 1. The number of quaternary nitrogens is 1. The van der Waals surface area contributed by atoms with Crippen LogP contribution in [-0.2, 0) is 0 Å². The molecule has 0 bridgehead atoms. The van der Waals surface area contributed by atoms with Crippen LogP contribution in [0.2, 0.25) is 0 Å². The van der Waals surface area contributed by atoms with E-state index in [0.29, 0.717) is 0 Å². The Hall–Kier alpha value is -0.310. The zero-order valence-electron chi connectivity index (χ0n) is 20.1. The van der Waals surface area contributed by atoms with Gasteiger partial charge in [0.05, 0.1) is 33.3 Å². The lowest BCUT2D eigenvalue weighted by Gasteiger charge is -2.26. The predicted octanol–water partition coefficient (Wildman–Crippen LogP) is 4.49. The molecule has 1 unspecified atom stereocenters. The Morgan fingerprint density at radius 3 is 1.28 bits per heavy atom. The molecular weight excluding hydrogens is 378 g/mol. The van der Waals surface area contributed by atoms with Gasteiger partial charge in [0.1, 0.15) is 0 Å². The van der Waals surface area contributed by atoms with Gasteiger partial charge in [-0.2, -0.15) is 0 Å². The van der Waals surface area contributed by atoms with Crippen molar-refractivity contribution in [2.45, 2.75) is 109 Å². The molecule has 175 valence electrons. The number of halogens is 1. The first kappa shape index (κ1) is 33.3. The molecular formula is C26H53ClNO. The fraction of sp³-hybridized carbons (Fsp3) is 0.808. The van der Waals surface area contributed by atoms with Crippen LogP contribution in [0.5, 0.6) is 0 Å². The Morgan fingerprint density at radius 2 is 1.00 bits per heavy atom. The molecule has 2 nitrogen and oxygen atoms in total. The minimum absolute atomic E-state index is 0. The van der Waals surface area contributed by atoms with Crippen LogP contribution < -0.4 is 12.4 Å². The van der Waals surface area contributed by atoms with Gasteiger partial charge in [0, 0.05) is 0 Å². The topological polar surface area (TPSA) is 20.2 Å². The molecule has 0 aromatic heterocycles. The van der Waals surface area contributed by atoms with E-state index < -0.39 is 0 Å². The van der Waals surface area contributed by atoms with E-state index in [0.717, 1.165) is 30.4 Å². The van der Waals surface area contributed by atoms with Crippen LogP contribution in [0.25, 0.3) is 0 Å². The summed E-state index contributed by atoms with van der Waals surface area (Å²) in [7, 11) is 4.31. The number of rotatable bonds is 19. The lowest BCUT2D eigenvalue weighted by Crippen LogP contribution is -3.00. The molecule has 1 atom stereocenters. The summed E-state index contributed by atoms with van der Waals surface area (Å²) < 4.78 is 0.951. The standard InChI is InChI=1S/C18H37O.C8H16N.ClH/c1-3-4-5-6-7-8-9-10-11-12-13-14-15-16-17-18(2)19;1-5-7-9(3,4)8-6-2;/h18-19H,2-17H2,1H3;5-6H,1-2,7-8H2,3-4H3;1H/q;+1;/p-1. The van der Waals surface area contributed by atoms with Gasteiger partial charge in [-0.15, -0.1) is 0 Å². The minimum Gasteiger partial charge on any atom is -1.00 e. The fourth-order valence-corrected chi connectivity index (χ4v) is 3.35. The second kappa shape index (κ2) is 25.7. The number of aliphatic hydroxyl groups is 1. The number of hydrogen-bond acceptors (Lipinski definition) is 1. The van der Waals surface area contributed by atoms with Gasteiger partial charge in [0.25, 0.3) is 0 Å². The van der Waals surface area contributed by atoms with Crippen molar-refractivity contribution >= 4 is 0 Å². The molecule has 0 spiro atoms. The van der Waals surface area contributed by atoms with Gasteiger partial charge in [-0.1, -0.05) is 110 Å². The second-order valence-electron chi connectivity index (χ2n) is 8.92. The fourth-order valence-electron chi connectivity index (χ4n) is 3.35. The average Bonchev–Trinajstić information content (AvgIpc) is 2.62. The molecule has 1 N–H and O–H groups in total. The van der Waals surface area contributed by atoms with E-state index >= 15 is 0 Å². The monoisotopic (exact) mass is 430 g/mol. The van der Waals surface area contributed by atoms with Crippen molar-refractivity contribution in [3.05, 3.63) is 32.2 Å². The van der Waals surface area contributed by atoms with Gasteiger partial charge in [-0.25, -0.2) is 0 Å². The molecule has 1 radical (unpaired) electrons. The van der Waals surface area contributed by atoms with E-state index in [4.69, 9.17) is 5.11 Å². The lowest BCUT2D eigenvalue weighted by atomic mass is 10.0. The zero-order chi connectivity index (χ0) is 21.5. The molecule has 0 heterocycles. The number of unbranched alkanes of at least 4 members (excludes halogenated alkanes) is 13. The molecule has 0 amide bonds. The van der Waals surface area contributed by atoms with E-state index in [-0.39, 0.29) is 18.5 Å². The molecule has 29 heavy (non-hydrogen) atoms. The summed E-state index contributed by atoms with van der Waals surface area (Å²) in [6.45, 7) is 15.2. The van der Waals surface area contributed by atoms with Gasteiger partial charge in [-0.05, 0) is 25.5 Å². The quantitative estimate of drug-likeness (QED) is 0.182. The molecule has 0 rings (SSSR count). The van der Waals surface area contributed by atoms with Crippen molar-refractivity contribution in [1.82, 2.24) is 0 Å². The van der Waals surface area contributed by atoms with Crippen LogP contribution in [0.15, 0.2) is 25.3 Å². The maximum atomic E-state index is 9.03. The van der Waals surface area contributed by atoms with Crippen molar-refractivity contribution in [3.8, 4) is 0 Å². The first-order chi connectivity index (χ1) is 13.4. The molecule has 0 aliphatic heterocycles. The summed E-state index contributed by atoms with van der Waals surface area (Å²) in [4.78, 5) is 0. The zero-order valence-corrected chi connectivity index (χ0v) is 20.9. The van der Waals surface area contributed by atoms with Crippen LogP contribution >= 0.6 is 0 Å². The largest absolute Gasteiger partial charge is 1.00 e. The summed E-state index contributed by atoms with van der Waals surface area (Å²) >= 11 is 0. The molecule has 0 aliphatic carbocycles. The van der Waals surface area contributed by atoms with Gasteiger partial charge < -0.3 is 22.0 Å². The van der Waals surface area contributed by atoms with Crippen LogP contribution in [0, 0.1) is 6.92 Å². The summed E-state index contributed by atoms with van der Waals surface area (Å²) in [6, 6.07) is 0. The van der Waals surface area contributed by atoms with Gasteiger partial charge >= 0.3 is 0 Å². The highest BCUT2D eigenvalue weighted by Gasteiger charge is 2.07. The summed E-state index contributed by atoms with van der Waals surface area (Å²) in [5.41, 5.74) is 0. The van der Waals surface area contributed by atoms with Crippen molar-refractivity contribution in [2.75, 3.05) is 27.2 Å². The highest BCUT2D eigenvalue weighted by molar-refractivity contribution is 4.69. The maximum absolute atomic E-state index is 9.03. The first-order valence-corrected chi connectivity index (χ1v) is 11.9. The average molecular weight is 431 g/mol. The first-order valence-electron chi connectivity index (χ1n) is 11.9. The summed E-state index contributed by atoms with van der Waals surface area (Å²) in [6.07, 6.45) is 23.8. The van der Waals surface area contributed by atoms with Crippen molar-refractivity contribution in [1.29, 1.82) is 0 Å². The van der Waals surface area contributed by atoms with E-state index in [1.807, 2.05) is 12.2 Å². The van der Waals surface area contributed by atoms with E-state index in [2.05, 4.69) is 41.1 Å². The smallest absolute Gasteiger partial charge is 0.0969 e. The minimum atomic E-state index is -0.350. The van der Waals surface area contributed by atoms with Crippen molar-refractivity contribution in [2.24, 2.45) is 0 Å². The molecule has 0 aromatic carbocycles. The molecule has 0 aromatic rings. The lowest BCUT2D eigenvalue weighted by molar-refractivity contribution is -0.878. The van der Waals surface area contributed by atoms with Crippen molar-refractivity contribution < 1.29 is 22.0 Å². The second-order valence-corrected chi connectivity index (χ2v) is 8.92. The Bertz CT molecular complexity index is 317. The van der Waals surface area contributed by atoms with E-state index in [1.54, 1.807) is 0 Å². The van der Waals surface area contributed by atoms with Gasteiger partial charge in [0.2, 0.25) is 0 Å². The maximum Gasteiger partial charge on any atom is 0.0969 e. The highest BCUT2D eigenvalue weighted by Crippen LogP contribution is 2.13. The van der Waals surface area contributed by atoms with Gasteiger partial charge in [-0.3, -0.25) is 0 Å². The molecule has 0 fully saturated rings. The SMILES string of the molecule is C=CC[N+](C)(C)CC=C.[CH2]C(O)CCCCCCCCCCCCCCCC.[Cl-]. The Morgan fingerprint density at radius 1 is 0.690 bits per heavy atom. The third-order valence-electron chi connectivity index (χ3n) is 5.14. The third-order valence-corrected chi connectivity index (χ3v) is 5.14. The number of likely N-dealkylation sites (N-methyl/N-ethyl adjacent to an activating group) is 1. The van der Waals surface area contributed by atoms with Gasteiger partial charge in [0.15, 0.2) is 0 Å². The molecule has 0 aliphatic rings. The Balaban J connectivity index is -0.000000572. The Kier molecular flexibility index (Phi) is 29.6. The van der Waals surface area contributed by atoms with E-state index in [9.17, 15) is 0 Å². The van der Waals surface area contributed by atoms with Crippen LogP contribution in [0.1, 0.15) is 103 Å². The van der Waals surface area contributed by atoms with Crippen LogP contribution in [0.3, 0.4) is 0 Å². The molecule has 0 saturated carbocycles. The summed E-state index contributed by atoms with van der Waals surface area (Å²) in [5.74, 6) is 0. The van der Waals surface area contributed by atoms with Crippen LogP contribution in [0.4, 0.5) is 0 Å². The normalized spacial score (nSPS) is 11.8. The third kappa shape index (κ3) is 32.6.